The van der Waals surface area contributed by atoms with Crippen LogP contribution in [0.2, 0.25) is 0 Å². The highest BCUT2D eigenvalue weighted by molar-refractivity contribution is 5.81. The van der Waals surface area contributed by atoms with Crippen molar-refractivity contribution in [1.29, 1.82) is 0 Å². The second kappa shape index (κ2) is 6.15. The topological polar surface area (TPSA) is 67.8 Å². The van der Waals surface area contributed by atoms with Crippen molar-refractivity contribution in [3.05, 3.63) is 18.6 Å². The van der Waals surface area contributed by atoms with Gasteiger partial charge in [-0.05, 0) is 0 Å². The second-order valence-corrected chi connectivity index (χ2v) is 4.81. The van der Waals surface area contributed by atoms with Crippen LogP contribution in [0.3, 0.4) is 0 Å². The normalized spacial score (nSPS) is 23.7. The lowest BCUT2D eigenvalue weighted by molar-refractivity contribution is -0.158. The van der Waals surface area contributed by atoms with Gasteiger partial charge in [0.2, 0.25) is 0 Å². The van der Waals surface area contributed by atoms with Crippen LogP contribution in [0.1, 0.15) is 0 Å². The Balaban J connectivity index is 1.54. The molecule has 0 spiro atoms. The average molecular weight is 278 g/mol. The molecular formula is C13H18N4O3. The molecule has 1 atom stereocenters. The van der Waals surface area contributed by atoms with Crippen molar-refractivity contribution in [3.63, 3.8) is 0 Å². The lowest BCUT2D eigenvalue weighted by atomic mass is 10.2. The smallest absolute Gasteiger partial charge is 0.254 e. The van der Waals surface area contributed by atoms with Crippen molar-refractivity contribution in [2.75, 3.05) is 50.9 Å². The van der Waals surface area contributed by atoms with Crippen LogP contribution in [-0.2, 0) is 14.3 Å². The second-order valence-electron chi connectivity index (χ2n) is 4.81. The van der Waals surface area contributed by atoms with E-state index in [2.05, 4.69) is 14.9 Å². The molecule has 0 saturated carbocycles. The molecule has 108 valence electrons. The Bertz CT molecular complexity index is 442. The van der Waals surface area contributed by atoms with Crippen LogP contribution >= 0.6 is 0 Å². The minimum atomic E-state index is -0.438. The number of carbonyl (C=O) groups is 1. The SMILES string of the molecule is O=C(C1COCCO1)N1CCN(c2cnccn2)CC1. The summed E-state index contributed by atoms with van der Waals surface area (Å²) in [5, 5.41) is 0. The zero-order valence-electron chi connectivity index (χ0n) is 11.3. The number of amides is 1. The van der Waals surface area contributed by atoms with Gasteiger partial charge >= 0.3 is 0 Å². The molecule has 2 fully saturated rings. The fourth-order valence-electron chi connectivity index (χ4n) is 2.44. The first-order chi connectivity index (χ1) is 9.84. The zero-order valence-corrected chi connectivity index (χ0v) is 11.3. The fraction of sp³-hybridized carbons (Fsp3) is 0.615. The maximum absolute atomic E-state index is 12.3. The van der Waals surface area contributed by atoms with Crippen molar-refractivity contribution in [1.82, 2.24) is 14.9 Å². The van der Waals surface area contributed by atoms with Gasteiger partial charge in [-0.1, -0.05) is 0 Å². The van der Waals surface area contributed by atoms with Gasteiger partial charge in [0.15, 0.2) is 6.10 Å². The summed E-state index contributed by atoms with van der Waals surface area (Å²) in [5.41, 5.74) is 0. The summed E-state index contributed by atoms with van der Waals surface area (Å²) in [7, 11) is 0. The molecule has 7 nitrogen and oxygen atoms in total. The Morgan fingerprint density at radius 1 is 1.20 bits per heavy atom. The third-order valence-corrected chi connectivity index (χ3v) is 3.56. The van der Waals surface area contributed by atoms with E-state index in [0.717, 1.165) is 18.9 Å². The molecule has 7 heteroatoms. The van der Waals surface area contributed by atoms with Gasteiger partial charge in [-0.15, -0.1) is 0 Å². The molecule has 2 aliphatic rings. The van der Waals surface area contributed by atoms with Gasteiger partial charge in [0.05, 0.1) is 26.0 Å². The summed E-state index contributed by atoms with van der Waals surface area (Å²) >= 11 is 0. The number of anilines is 1. The lowest BCUT2D eigenvalue weighted by Crippen LogP contribution is -2.53. The molecule has 0 N–H and O–H groups in total. The van der Waals surface area contributed by atoms with Gasteiger partial charge in [-0.25, -0.2) is 4.98 Å². The summed E-state index contributed by atoms with van der Waals surface area (Å²) in [6.07, 6.45) is 4.64. The van der Waals surface area contributed by atoms with Crippen LogP contribution in [0, 0.1) is 0 Å². The number of ether oxygens (including phenoxy) is 2. The first-order valence-corrected chi connectivity index (χ1v) is 6.84. The number of hydrogen-bond donors (Lipinski definition) is 0. The van der Waals surface area contributed by atoms with E-state index in [4.69, 9.17) is 9.47 Å². The molecule has 0 radical (unpaired) electrons. The lowest BCUT2D eigenvalue weighted by Gasteiger charge is -2.37. The standard InChI is InChI=1S/C13H18N4O3/c18-13(11-10-19-7-8-20-11)17-5-3-16(4-6-17)12-9-14-1-2-15-12/h1-2,9,11H,3-8,10H2. The molecule has 2 saturated heterocycles. The van der Waals surface area contributed by atoms with E-state index >= 15 is 0 Å². The minimum absolute atomic E-state index is 0.0310. The first-order valence-electron chi connectivity index (χ1n) is 6.84. The van der Waals surface area contributed by atoms with Gasteiger partial charge in [0.25, 0.3) is 5.91 Å². The minimum Gasteiger partial charge on any atom is -0.376 e. The molecule has 1 aromatic rings. The number of rotatable bonds is 2. The number of piperazine rings is 1. The predicted octanol–water partition coefficient (Wildman–Crippen LogP) is -0.459. The summed E-state index contributed by atoms with van der Waals surface area (Å²) in [5.74, 6) is 0.889. The van der Waals surface area contributed by atoms with Crippen molar-refractivity contribution in [3.8, 4) is 0 Å². The van der Waals surface area contributed by atoms with Crippen molar-refractivity contribution >= 4 is 11.7 Å². The maximum atomic E-state index is 12.3. The molecule has 20 heavy (non-hydrogen) atoms. The van der Waals surface area contributed by atoms with Gasteiger partial charge in [0.1, 0.15) is 5.82 Å². The molecule has 3 heterocycles. The van der Waals surface area contributed by atoms with E-state index in [1.165, 1.54) is 0 Å². The van der Waals surface area contributed by atoms with Gasteiger partial charge in [-0.2, -0.15) is 0 Å². The van der Waals surface area contributed by atoms with Crippen LogP contribution in [0.25, 0.3) is 0 Å². The maximum Gasteiger partial charge on any atom is 0.254 e. The molecule has 1 aromatic heterocycles. The van der Waals surface area contributed by atoms with Crippen LogP contribution in [0.15, 0.2) is 18.6 Å². The Morgan fingerprint density at radius 2 is 2.05 bits per heavy atom. The highest BCUT2D eigenvalue weighted by Crippen LogP contribution is 2.13. The van der Waals surface area contributed by atoms with E-state index in [1.807, 2.05) is 4.90 Å². The monoisotopic (exact) mass is 278 g/mol. The number of hydrogen-bond acceptors (Lipinski definition) is 6. The molecule has 3 rings (SSSR count). The van der Waals surface area contributed by atoms with Crippen molar-refractivity contribution in [2.45, 2.75) is 6.10 Å². The van der Waals surface area contributed by atoms with E-state index in [0.29, 0.717) is 32.9 Å². The van der Waals surface area contributed by atoms with E-state index < -0.39 is 6.10 Å². The molecule has 1 amide bonds. The van der Waals surface area contributed by atoms with Crippen LogP contribution in [0.4, 0.5) is 5.82 Å². The largest absolute Gasteiger partial charge is 0.376 e. The number of aromatic nitrogens is 2. The Labute approximate surface area is 117 Å². The summed E-state index contributed by atoms with van der Waals surface area (Å²) < 4.78 is 10.7. The molecule has 2 aliphatic heterocycles. The van der Waals surface area contributed by atoms with Gasteiger partial charge in [0, 0.05) is 38.6 Å². The third kappa shape index (κ3) is 2.88. The van der Waals surface area contributed by atoms with Crippen molar-refractivity contribution in [2.24, 2.45) is 0 Å². The summed E-state index contributed by atoms with van der Waals surface area (Å²) in [4.78, 5) is 24.6. The highest BCUT2D eigenvalue weighted by atomic mass is 16.6. The quantitative estimate of drug-likeness (QED) is 0.729. The number of nitrogens with zero attached hydrogens (tertiary/aromatic N) is 4. The zero-order chi connectivity index (χ0) is 13.8. The summed E-state index contributed by atoms with van der Waals surface area (Å²) in [6, 6.07) is 0. The van der Waals surface area contributed by atoms with E-state index in [-0.39, 0.29) is 5.91 Å². The Morgan fingerprint density at radius 3 is 2.70 bits per heavy atom. The first kappa shape index (κ1) is 13.3. The molecule has 1 unspecified atom stereocenters. The summed E-state index contributed by atoms with van der Waals surface area (Å²) in [6.45, 7) is 4.31. The highest BCUT2D eigenvalue weighted by Gasteiger charge is 2.30. The number of carbonyl (C=O) groups excluding carboxylic acids is 1. The Kier molecular flexibility index (Phi) is 4.08. The van der Waals surface area contributed by atoms with Crippen LogP contribution < -0.4 is 4.90 Å². The van der Waals surface area contributed by atoms with Gasteiger partial charge in [-0.3, -0.25) is 9.78 Å². The molecule has 0 aromatic carbocycles. The molecule has 0 aliphatic carbocycles. The molecular weight excluding hydrogens is 260 g/mol. The molecule has 0 bridgehead atoms. The van der Waals surface area contributed by atoms with E-state index in [9.17, 15) is 4.79 Å². The fourth-order valence-corrected chi connectivity index (χ4v) is 2.44. The third-order valence-electron chi connectivity index (χ3n) is 3.56. The predicted molar refractivity (Wildman–Crippen MR) is 71.4 cm³/mol. The Hall–Kier alpha value is -1.73. The van der Waals surface area contributed by atoms with Gasteiger partial charge < -0.3 is 19.3 Å². The van der Waals surface area contributed by atoms with Crippen LogP contribution in [0.5, 0.6) is 0 Å². The van der Waals surface area contributed by atoms with E-state index in [1.54, 1.807) is 18.6 Å². The average Bonchev–Trinajstić information content (AvgIpc) is 2.56. The van der Waals surface area contributed by atoms with Crippen molar-refractivity contribution < 1.29 is 14.3 Å². The van der Waals surface area contributed by atoms with Crippen LogP contribution in [-0.4, -0.2) is 72.9 Å².